The van der Waals surface area contributed by atoms with E-state index in [1.165, 1.54) is 6.08 Å². The summed E-state index contributed by atoms with van der Waals surface area (Å²) in [6, 6.07) is 15.2. The predicted octanol–water partition coefficient (Wildman–Crippen LogP) is 4.33. The first-order valence-corrected chi connectivity index (χ1v) is 13.5. The van der Waals surface area contributed by atoms with E-state index in [9.17, 15) is 22.8 Å². The molecular formula is C30H33F3N6O3. The molecule has 1 fully saturated rings. The molecule has 0 spiro atoms. The van der Waals surface area contributed by atoms with Crippen molar-refractivity contribution in [1.82, 2.24) is 15.2 Å². The van der Waals surface area contributed by atoms with Crippen LogP contribution in [0.25, 0.3) is 6.08 Å². The molecule has 2 amide bonds. The summed E-state index contributed by atoms with van der Waals surface area (Å²) in [5.41, 5.74) is 7.30. The van der Waals surface area contributed by atoms with Crippen LogP contribution in [0.4, 0.5) is 30.4 Å². The number of pyridine rings is 1. The van der Waals surface area contributed by atoms with Crippen LogP contribution in [0.15, 0.2) is 72.9 Å². The molecule has 2 heterocycles. The Bertz CT molecular complexity index is 1360. The SMILES string of the molecule is Nc1ccccc1NC(=O)/C=C/c1ccc(C(NCCCN2CCOCC2)C(=O)Nc2ccc(C(F)(F)F)cn2)cc1. The third-order valence-corrected chi connectivity index (χ3v) is 6.62. The summed E-state index contributed by atoms with van der Waals surface area (Å²) in [5, 5.41) is 8.59. The standard InChI is InChI=1S/C30H33F3N6O3/c31-30(32,33)23-11-12-26(36-20-23)38-29(41)28(35-14-3-15-39-16-18-42-19-17-39)22-9-6-21(7-10-22)8-13-27(40)37-25-5-2-1-4-24(25)34/h1-2,4-13,20,28,35H,3,14-19,34H2,(H,37,40)(H,36,38,41)/b13-8+. The van der Waals surface area contributed by atoms with E-state index in [0.29, 0.717) is 42.9 Å². The molecule has 1 saturated heterocycles. The van der Waals surface area contributed by atoms with Gasteiger partial charge in [-0.3, -0.25) is 14.5 Å². The lowest BCUT2D eigenvalue weighted by Crippen LogP contribution is -2.39. The Morgan fingerprint density at radius 2 is 1.76 bits per heavy atom. The number of carbonyl (C=O) groups excluding carboxylic acids is 2. The quantitative estimate of drug-likeness (QED) is 0.151. The van der Waals surface area contributed by atoms with E-state index in [2.05, 4.69) is 25.8 Å². The number of halogens is 3. The number of nitrogens with zero attached hydrogens (tertiary/aromatic N) is 2. The van der Waals surface area contributed by atoms with Crippen molar-refractivity contribution in [2.24, 2.45) is 0 Å². The first-order chi connectivity index (χ1) is 20.2. The van der Waals surface area contributed by atoms with Crippen LogP contribution < -0.4 is 21.7 Å². The van der Waals surface area contributed by atoms with Crippen LogP contribution in [-0.4, -0.2) is 61.1 Å². The highest BCUT2D eigenvalue weighted by Crippen LogP contribution is 2.29. The lowest BCUT2D eigenvalue weighted by molar-refractivity contribution is -0.137. The van der Waals surface area contributed by atoms with E-state index in [0.717, 1.165) is 43.8 Å². The van der Waals surface area contributed by atoms with Crippen LogP contribution in [0, 0.1) is 0 Å². The van der Waals surface area contributed by atoms with Crippen molar-refractivity contribution >= 4 is 35.1 Å². The Labute approximate surface area is 241 Å². The molecule has 4 rings (SSSR count). The molecule has 1 atom stereocenters. The summed E-state index contributed by atoms with van der Waals surface area (Å²) in [5.74, 6) is -0.797. The fourth-order valence-corrected chi connectivity index (χ4v) is 4.33. The number of alkyl halides is 3. The number of rotatable bonds is 11. The summed E-state index contributed by atoms with van der Waals surface area (Å²) in [6.07, 6.45) is -0.0408. The van der Waals surface area contributed by atoms with Gasteiger partial charge in [-0.05, 0) is 61.0 Å². The molecule has 5 N–H and O–H groups in total. The van der Waals surface area contributed by atoms with Gasteiger partial charge in [-0.25, -0.2) is 4.98 Å². The number of anilines is 3. The van der Waals surface area contributed by atoms with Crippen LogP contribution in [0.1, 0.15) is 29.2 Å². The summed E-state index contributed by atoms with van der Waals surface area (Å²) in [7, 11) is 0. The molecular weight excluding hydrogens is 549 g/mol. The van der Waals surface area contributed by atoms with Gasteiger partial charge in [0.15, 0.2) is 0 Å². The zero-order valence-electron chi connectivity index (χ0n) is 22.9. The zero-order chi connectivity index (χ0) is 30.0. The maximum Gasteiger partial charge on any atom is 0.417 e. The maximum atomic E-state index is 13.3. The smallest absolute Gasteiger partial charge is 0.397 e. The van der Waals surface area contributed by atoms with E-state index in [-0.39, 0.29) is 11.7 Å². The molecule has 9 nitrogen and oxygen atoms in total. The van der Waals surface area contributed by atoms with Crippen molar-refractivity contribution in [2.75, 3.05) is 55.8 Å². The normalized spacial score (nSPS) is 14.9. The van der Waals surface area contributed by atoms with Crippen molar-refractivity contribution in [2.45, 2.75) is 18.6 Å². The van der Waals surface area contributed by atoms with Gasteiger partial charge in [0.1, 0.15) is 11.9 Å². The van der Waals surface area contributed by atoms with Gasteiger partial charge in [-0.1, -0.05) is 36.4 Å². The van der Waals surface area contributed by atoms with E-state index in [1.54, 1.807) is 54.6 Å². The fourth-order valence-electron chi connectivity index (χ4n) is 4.33. The Kier molecular flexibility index (Phi) is 10.7. The minimum absolute atomic E-state index is 0.0118. The molecule has 1 aliphatic heterocycles. The van der Waals surface area contributed by atoms with Crippen molar-refractivity contribution in [3.63, 3.8) is 0 Å². The first-order valence-electron chi connectivity index (χ1n) is 13.5. The molecule has 3 aromatic rings. The number of aromatic nitrogens is 1. The van der Waals surface area contributed by atoms with Crippen LogP contribution in [-0.2, 0) is 20.5 Å². The second-order valence-electron chi connectivity index (χ2n) is 9.69. The van der Waals surface area contributed by atoms with Crippen LogP contribution in [0.2, 0.25) is 0 Å². The van der Waals surface area contributed by atoms with Crippen LogP contribution >= 0.6 is 0 Å². The van der Waals surface area contributed by atoms with Gasteiger partial charge in [-0.2, -0.15) is 13.2 Å². The van der Waals surface area contributed by atoms with Crippen LogP contribution in [0.5, 0.6) is 0 Å². The molecule has 222 valence electrons. The highest BCUT2D eigenvalue weighted by atomic mass is 19.4. The Morgan fingerprint density at radius 1 is 1.02 bits per heavy atom. The molecule has 12 heteroatoms. The Morgan fingerprint density at radius 3 is 2.43 bits per heavy atom. The van der Waals surface area contributed by atoms with Gasteiger partial charge in [0, 0.05) is 25.4 Å². The van der Waals surface area contributed by atoms with E-state index in [4.69, 9.17) is 10.5 Å². The average molecular weight is 583 g/mol. The topological polar surface area (TPSA) is 122 Å². The van der Waals surface area contributed by atoms with Crippen molar-refractivity contribution in [3.05, 3.63) is 89.6 Å². The molecule has 1 aromatic heterocycles. The van der Waals surface area contributed by atoms with Gasteiger partial charge < -0.3 is 26.4 Å². The number of hydrogen-bond donors (Lipinski definition) is 4. The lowest BCUT2D eigenvalue weighted by Gasteiger charge is -2.27. The fraction of sp³-hybridized carbons (Fsp3) is 0.300. The maximum absolute atomic E-state index is 13.3. The third kappa shape index (κ3) is 9.13. The van der Waals surface area contributed by atoms with Crippen molar-refractivity contribution < 1.29 is 27.5 Å². The second-order valence-corrected chi connectivity index (χ2v) is 9.69. The number of nitrogens with one attached hydrogen (secondary N) is 3. The number of hydrogen-bond acceptors (Lipinski definition) is 7. The average Bonchev–Trinajstić information content (AvgIpc) is 2.98. The molecule has 0 saturated carbocycles. The molecule has 0 bridgehead atoms. The number of amides is 2. The number of ether oxygens (including phenoxy) is 1. The summed E-state index contributed by atoms with van der Waals surface area (Å²) >= 11 is 0. The monoisotopic (exact) mass is 582 g/mol. The number of para-hydroxylation sites is 2. The molecule has 2 aromatic carbocycles. The number of nitrogen functional groups attached to an aromatic ring is 1. The van der Waals surface area contributed by atoms with Gasteiger partial charge in [-0.15, -0.1) is 0 Å². The summed E-state index contributed by atoms with van der Waals surface area (Å²) in [6.45, 7) is 4.47. The Balaban J connectivity index is 1.41. The summed E-state index contributed by atoms with van der Waals surface area (Å²) in [4.78, 5) is 31.6. The van der Waals surface area contributed by atoms with Gasteiger partial charge in [0.2, 0.25) is 11.8 Å². The van der Waals surface area contributed by atoms with Crippen molar-refractivity contribution in [3.8, 4) is 0 Å². The van der Waals surface area contributed by atoms with Crippen LogP contribution in [0.3, 0.4) is 0 Å². The predicted molar refractivity (Wildman–Crippen MR) is 155 cm³/mol. The molecule has 1 aliphatic rings. The number of carbonyl (C=O) groups is 2. The number of morpholine rings is 1. The number of nitrogens with two attached hydrogens (primary N) is 1. The highest BCUT2D eigenvalue weighted by molar-refractivity contribution is 6.03. The largest absolute Gasteiger partial charge is 0.417 e. The summed E-state index contributed by atoms with van der Waals surface area (Å²) < 4.78 is 44.1. The van der Waals surface area contributed by atoms with Crippen molar-refractivity contribution in [1.29, 1.82) is 0 Å². The molecule has 0 radical (unpaired) electrons. The first kappa shape index (κ1) is 30.7. The van der Waals surface area contributed by atoms with E-state index >= 15 is 0 Å². The third-order valence-electron chi connectivity index (χ3n) is 6.62. The van der Waals surface area contributed by atoms with E-state index in [1.807, 2.05) is 0 Å². The second kappa shape index (κ2) is 14.6. The molecule has 1 unspecified atom stereocenters. The minimum atomic E-state index is -4.52. The van der Waals surface area contributed by atoms with Gasteiger partial charge >= 0.3 is 6.18 Å². The number of benzene rings is 2. The lowest BCUT2D eigenvalue weighted by atomic mass is 10.0. The van der Waals surface area contributed by atoms with E-state index < -0.39 is 23.7 Å². The highest BCUT2D eigenvalue weighted by Gasteiger charge is 2.31. The Hall–Kier alpha value is -4.26. The van der Waals surface area contributed by atoms with Gasteiger partial charge in [0.05, 0.1) is 30.2 Å². The minimum Gasteiger partial charge on any atom is -0.397 e. The van der Waals surface area contributed by atoms with Gasteiger partial charge in [0.25, 0.3) is 0 Å². The molecule has 42 heavy (non-hydrogen) atoms. The zero-order valence-corrected chi connectivity index (χ0v) is 22.9. The molecule has 0 aliphatic carbocycles.